The zero-order chi connectivity index (χ0) is 29.7. The molecule has 1 aromatic heterocycles. The molecular weight excluding hydrogens is 539 g/mol. The second-order valence-electron chi connectivity index (χ2n) is 11.4. The molecule has 4 rings (SSSR count). The van der Waals surface area contributed by atoms with Crippen molar-refractivity contribution in [2.45, 2.75) is 63.8 Å². The third-order valence-electron chi connectivity index (χ3n) is 8.26. The molecule has 1 aromatic carbocycles. The molecule has 0 bridgehead atoms. The molecule has 3 N–H and O–H groups in total. The predicted octanol–water partition coefficient (Wildman–Crippen LogP) is 3.87. The average Bonchev–Trinajstić information content (AvgIpc) is 3.02. The number of halogens is 1. The van der Waals surface area contributed by atoms with Gasteiger partial charge in [0, 0.05) is 31.9 Å². The van der Waals surface area contributed by atoms with Gasteiger partial charge in [0.1, 0.15) is 19.0 Å². The van der Waals surface area contributed by atoms with E-state index in [-0.39, 0.29) is 30.8 Å². The number of hydrogen-bond acceptors (Lipinski definition) is 6. The van der Waals surface area contributed by atoms with Crippen LogP contribution >= 0.6 is 0 Å². The Morgan fingerprint density at radius 1 is 1.10 bits per heavy atom. The molecule has 2 aromatic rings. The van der Waals surface area contributed by atoms with Crippen molar-refractivity contribution in [3.63, 3.8) is 0 Å². The van der Waals surface area contributed by atoms with Crippen LogP contribution in [0.1, 0.15) is 67.7 Å². The number of piperidine rings is 2. The number of aliphatic carboxylic acids is 1. The van der Waals surface area contributed by atoms with Crippen LogP contribution in [0.2, 0.25) is 0 Å². The molecule has 2 atom stereocenters. The highest BCUT2D eigenvalue weighted by molar-refractivity contribution is 5.82. The van der Waals surface area contributed by atoms with Gasteiger partial charge in [-0.1, -0.05) is 18.2 Å². The number of rotatable bonds is 14. The van der Waals surface area contributed by atoms with Crippen LogP contribution in [0.5, 0.6) is 5.75 Å². The molecule has 228 valence electrons. The molecule has 9 nitrogen and oxygen atoms in total. The summed E-state index contributed by atoms with van der Waals surface area (Å²) in [5.41, 5.74) is 2.65. The fraction of sp³-hybridized carbons (Fsp3) is 0.562. The number of amides is 2. The fourth-order valence-electron chi connectivity index (χ4n) is 5.82. The Hall–Kier alpha value is -3.53. The zero-order valence-corrected chi connectivity index (χ0v) is 24.2. The van der Waals surface area contributed by atoms with Gasteiger partial charge in [-0.25, -0.2) is 4.39 Å². The first-order valence-electron chi connectivity index (χ1n) is 15.1. The summed E-state index contributed by atoms with van der Waals surface area (Å²) in [6.45, 7) is 2.54. The van der Waals surface area contributed by atoms with E-state index in [0.29, 0.717) is 49.6 Å². The van der Waals surface area contributed by atoms with E-state index in [1.807, 2.05) is 35.2 Å². The summed E-state index contributed by atoms with van der Waals surface area (Å²) >= 11 is 0. The van der Waals surface area contributed by atoms with Crippen LogP contribution in [-0.2, 0) is 27.2 Å². The lowest BCUT2D eigenvalue weighted by Crippen LogP contribution is -2.46. The molecule has 2 unspecified atom stereocenters. The van der Waals surface area contributed by atoms with Gasteiger partial charge >= 0.3 is 5.97 Å². The summed E-state index contributed by atoms with van der Waals surface area (Å²) < 4.78 is 17.6. The van der Waals surface area contributed by atoms with Gasteiger partial charge in [0.25, 0.3) is 0 Å². The number of carbonyl (C=O) groups is 3. The van der Waals surface area contributed by atoms with E-state index in [0.717, 1.165) is 56.3 Å². The van der Waals surface area contributed by atoms with Gasteiger partial charge in [0.15, 0.2) is 0 Å². The fourth-order valence-corrected chi connectivity index (χ4v) is 5.82. The van der Waals surface area contributed by atoms with Crippen LogP contribution in [0.25, 0.3) is 0 Å². The van der Waals surface area contributed by atoms with Crippen molar-refractivity contribution in [1.82, 2.24) is 20.5 Å². The summed E-state index contributed by atoms with van der Waals surface area (Å²) in [6.07, 6.45) is 9.51. The van der Waals surface area contributed by atoms with Gasteiger partial charge in [-0.15, -0.1) is 0 Å². The summed E-state index contributed by atoms with van der Waals surface area (Å²) in [5.74, 6) is -0.307. The number of nitrogens with zero attached hydrogens (tertiary/aromatic N) is 2. The first kappa shape index (κ1) is 31.4. The number of carboxylic acids is 1. The highest BCUT2D eigenvalue weighted by Crippen LogP contribution is 2.24. The number of aryl methyl sites for hydroxylation is 2. The molecule has 2 amide bonds. The third kappa shape index (κ3) is 9.79. The van der Waals surface area contributed by atoms with Crippen LogP contribution < -0.4 is 15.4 Å². The number of hydrogen-bond donors (Lipinski definition) is 3. The molecule has 2 fully saturated rings. The molecule has 0 saturated carbocycles. The number of ether oxygens (including phenoxy) is 1. The maximum absolute atomic E-state index is 13.3. The number of carboxylic acid groups (broad SMARTS) is 1. The van der Waals surface area contributed by atoms with E-state index in [9.17, 15) is 23.9 Å². The molecular formula is C32H43FN4O5. The van der Waals surface area contributed by atoms with Crippen molar-refractivity contribution in [2.75, 3.05) is 39.5 Å². The lowest BCUT2D eigenvalue weighted by atomic mass is 9.92. The van der Waals surface area contributed by atoms with Gasteiger partial charge in [-0.3, -0.25) is 19.4 Å². The lowest BCUT2D eigenvalue weighted by Gasteiger charge is -2.33. The number of likely N-dealkylation sites (tertiary alicyclic amines) is 1. The van der Waals surface area contributed by atoms with Crippen molar-refractivity contribution in [2.24, 2.45) is 11.8 Å². The normalized spacial score (nSPS) is 18.3. The van der Waals surface area contributed by atoms with Crippen LogP contribution in [0.3, 0.4) is 0 Å². The van der Waals surface area contributed by atoms with Gasteiger partial charge < -0.3 is 25.4 Å². The summed E-state index contributed by atoms with van der Waals surface area (Å²) in [5, 5.41) is 15.9. The Morgan fingerprint density at radius 3 is 2.60 bits per heavy atom. The van der Waals surface area contributed by atoms with E-state index >= 15 is 0 Å². The van der Waals surface area contributed by atoms with E-state index in [2.05, 4.69) is 15.6 Å². The monoisotopic (exact) mass is 582 g/mol. The molecule has 10 heteroatoms. The standard InChI is InChI=1S/C32H43FN4O5/c33-13-17-42-28-8-5-23(6-9-28)3-4-25-18-27(21-35-20-25)29(19-31(39)40)36-32(41)26-2-1-16-37(22-26)30(38)10-7-24-11-14-34-15-12-24/h5-6,8-9,18,20-21,24,26,29,34H,1-4,7,10-17,19,22H2,(H,36,41)(H,39,40). The largest absolute Gasteiger partial charge is 0.491 e. The van der Waals surface area contributed by atoms with Gasteiger partial charge in [0.2, 0.25) is 11.8 Å². The zero-order valence-electron chi connectivity index (χ0n) is 24.2. The molecule has 0 radical (unpaired) electrons. The molecule has 0 spiro atoms. The molecule has 2 saturated heterocycles. The quantitative estimate of drug-likeness (QED) is 0.309. The minimum Gasteiger partial charge on any atom is -0.491 e. The van der Waals surface area contributed by atoms with Crippen molar-refractivity contribution >= 4 is 17.8 Å². The first-order valence-corrected chi connectivity index (χ1v) is 15.1. The Kier molecular flexibility index (Phi) is 12.1. The van der Waals surface area contributed by atoms with Crippen molar-refractivity contribution in [1.29, 1.82) is 0 Å². The number of alkyl halides is 1. The van der Waals surface area contributed by atoms with Crippen molar-refractivity contribution in [3.05, 3.63) is 59.4 Å². The topological polar surface area (TPSA) is 121 Å². The highest BCUT2D eigenvalue weighted by atomic mass is 19.1. The van der Waals surface area contributed by atoms with E-state index in [1.165, 1.54) is 0 Å². The molecule has 0 aliphatic carbocycles. The van der Waals surface area contributed by atoms with Gasteiger partial charge in [0.05, 0.1) is 18.4 Å². The minimum atomic E-state index is -1.01. The van der Waals surface area contributed by atoms with Crippen LogP contribution in [0, 0.1) is 11.8 Å². The SMILES string of the molecule is O=C(O)CC(NC(=O)C1CCCN(C(=O)CCC2CCNCC2)C1)c1cncc(CCc2ccc(OCCF)cc2)c1. The van der Waals surface area contributed by atoms with E-state index in [1.54, 1.807) is 12.4 Å². The summed E-state index contributed by atoms with van der Waals surface area (Å²) in [7, 11) is 0. The van der Waals surface area contributed by atoms with Gasteiger partial charge in [-0.2, -0.15) is 0 Å². The molecule has 2 aliphatic rings. The maximum Gasteiger partial charge on any atom is 0.305 e. The Morgan fingerprint density at radius 2 is 1.86 bits per heavy atom. The predicted molar refractivity (Wildman–Crippen MR) is 157 cm³/mol. The molecule has 3 heterocycles. The second-order valence-corrected chi connectivity index (χ2v) is 11.4. The van der Waals surface area contributed by atoms with Gasteiger partial charge in [-0.05, 0) is 92.8 Å². The average molecular weight is 583 g/mol. The second kappa shape index (κ2) is 16.2. The smallest absolute Gasteiger partial charge is 0.305 e. The van der Waals surface area contributed by atoms with Crippen molar-refractivity contribution in [3.8, 4) is 5.75 Å². The minimum absolute atomic E-state index is 0.0294. The number of nitrogens with one attached hydrogen (secondary N) is 2. The summed E-state index contributed by atoms with van der Waals surface area (Å²) in [6, 6.07) is 8.67. The van der Waals surface area contributed by atoms with E-state index in [4.69, 9.17) is 4.74 Å². The number of carbonyl (C=O) groups excluding carboxylic acids is 2. The van der Waals surface area contributed by atoms with Crippen LogP contribution in [0.4, 0.5) is 4.39 Å². The molecule has 42 heavy (non-hydrogen) atoms. The first-order chi connectivity index (χ1) is 20.4. The van der Waals surface area contributed by atoms with Crippen molar-refractivity contribution < 1.29 is 28.6 Å². The Bertz CT molecular complexity index is 1170. The maximum atomic E-state index is 13.3. The Balaban J connectivity index is 1.32. The lowest BCUT2D eigenvalue weighted by molar-refractivity contribution is -0.138. The van der Waals surface area contributed by atoms with Crippen LogP contribution in [0.15, 0.2) is 42.7 Å². The summed E-state index contributed by atoms with van der Waals surface area (Å²) in [4.78, 5) is 44.1. The Labute approximate surface area is 247 Å². The number of aromatic nitrogens is 1. The van der Waals surface area contributed by atoms with Crippen LogP contribution in [-0.4, -0.2) is 72.2 Å². The molecule has 2 aliphatic heterocycles. The number of benzene rings is 1. The highest BCUT2D eigenvalue weighted by Gasteiger charge is 2.30. The number of pyridine rings is 1. The van der Waals surface area contributed by atoms with E-state index < -0.39 is 18.7 Å². The third-order valence-corrected chi connectivity index (χ3v) is 8.26.